The minimum Gasteiger partial charge on any atom is -0.493 e. The lowest BCUT2D eigenvalue weighted by atomic mass is 10.1. The molecule has 9 nitrogen and oxygen atoms in total. The van der Waals surface area contributed by atoms with E-state index in [0.29, 0.717) is 24.5 Å². The molecule has 0 spiro atoms. The number of sulfonamides is 1. The second-order valence-electron chi connectivity index (χ2n) is 9.44. The highest BCUT2D eigenvalue weighted by Gasteiger charge is 2.34. The van der Waals surface area contributed by atoms with Crippen molar-refractivity contribution in [2.75, 3.05) is 31.6 Å². The number of carbonyl (C=O) groups is 2. The maximum Gasteiger partial charge on any atom is 0.264 e. The van der Waals surface area contributed by atoms with E-state index in [1.165, 1.54) is 37.3 Å². The average Bonchev–Trinajstić information content (AvgIpc) is 3.00. The normalized spacial score (nSPS) is 11.8. The Morgan fingerprint density at radius 3 is 2.10 bits per heavy atom. The Bertz CT molecular complexity index is 1380. The second kappa shape index (κ2) is 15.1. The van der Waals surface area contributed by atoms with Gasteiger partial charge in [0.1, 0.15) is 12.6 Å². The molecule has 0 aliphatic heterocycles. The summed E-state index contributed by atoms with van der Waals surface area (Å²) in [6.07, 6.45) is 2.09. The van der Waals surface area contributed by atoms with Gasteiger partial charge in [0.25, 0.3) is 10.0 Å². The van der Waals surface area contributed by atoms with Crippen molar-refractivity contribution >= 4 is 27.5 Å². The third kappa shape index (κ3) is 8.00. The molecule has 0 aliphatic carbocycles. The van der Waals surface area contributed by atoms with E-state index in [9.17, 15) is 18.0 Å². The van der Waals surface area contributed by atoms with Gasteiger partial charge in [0.2, 0.25) is 11.8 Å². The molecule has 3 aromatic rings. The predicted octanol–water partition coefficient (Wildman–Crippen LogP) is 4.62. The first-order valence-electron chi connectivity index (χ1n) is 13.7. The van der Waals surface area contributed by atoms with Crippen molar-refractivity contribution in [3.63, 3.8) is 0 Å². The molecule has 41 heavy (non-hydrogen) atoms. The van der Waals surface area contributed by atoms with Gasteiger partial charge in [0.05, 0.1) is 24.8 Å². The number of unbranched alkanes of at least 4 members (excludes halogenated alkanes) is 1. The zero-order valence-electron chi connectivity index (χ0n) is 24.1. The molecule has 1 N–H and O–H groups in total. The summed E-state index contributed by atoms with van der Waals surface area (Å²) >= 11 is 0. The molecule has 0 saturated heterocycles. The van der Waals surface area contributed by atoms with Crippen LogP contribution in [-0.4, -0.2) is 58.5 Å². The summed E-state index contributed by atoms with van der Waals surface area (Å²) in [5.41, 5.74) is 1.05. The van der Waals surface area contributed by atoms with Gasteiger partial charge in [-0.1, -0.05) is 68.8 Å². The van der Waals surface area contributed by atoms with E-state index in [0.717, 1.165) is 22.7 Å². The maximum atomic E-state index is 14.1. The Labute approximate surface area is 243 Å². The third-order valence-electron chi connectivity index (χ3n) is 6.68. The lowest BCUT2D eigenvalue weighted by molar-refractivity contribution is -0.140. The lowest BCUT2D eigenvalue weighted by Crippen LogP contribution is -2.52. The molecule has 3 aromatic carbocycles. The first kappa shape index (κ1) is 31.5. The number of benzene rings is 3. The molecule has 0 fully saturated rings. The molecule has 0 aromatic heterocycles. The number of ether oxygens (including phenoxy) is 2. The van der Waals surface area contributed by atoms with E-state index in [4.69, 9.17) is 9.47 Å². The highest BCUT2D eigenvalue weighted by Crippen LogP contribution is 2.34. The predicted molar refractivity (Wildman–Crippen MR) is 160 cm³/mol. The van der Waals surface area contributed by atoms with E-state index in [1.54, 1.807) is 30.3 Å². The minimum absolute atomic E-state index is 0.0292. The Morgan fingerprint density at radius 1 is 0.878 bits per heavy atom. The van der Waals surface area contributed by atoms with Gasteiger partial charge in [-0.05, 0) is 42.7 Å². The lowest BCUT2D eigenvalue weighted by Gasteiger charge is -2.33. The number of anilines is 1. The first-order valence-corrected chi connectivity index (χ1v) is 15.1. The molecule has 2 amide bonds. The smallest absolute Gasteiger partial charge is 0.264 e. The number of carbonyl (C=O) groups excluding carboxylic acids is 2. The zero-order chi connectivity index (χ0) is 29.8. The van der Waals surface area contributed by atoms with E-state index in [-0.39, 0.29) is 23.0 Å². The van der Waals surface area contributed by atoms with Crippen molar-refractivity contribution in [3.05, 3.63) is 84.4 Å². The maximum absolute atomic E-state index is 14.1. The van der Waals surface area contributed by atoms with Crippen LogP contribution in [0.15, 0.2) is 83.8 Å². The molecular formula is C31H39N3O6S. The molecule has 1 atom stereocenters. The van der Waals surface area contributed by atoms with Crippen molar-refractivity contribution in [1.29, 1.82) is 0 Å². The highest BCUT2D eigenvalue weighted by atomic mass is 32.2. The van der Waals surface area contributed by atoms with Crippen molar-refractivity contribution in [2.45, 2.75) is 50.6 Å². The topological polar surface area (TPSA) is 105 Å². The highest BCUT2D eigenvalue weighted by molar-refractivity contribution is 7.92. The number of nitrogens with one attached hydrogen (secondary N) is 1. The Balaban J connectivity index is 2.06. The molecule has 220 valence electrons. The molecule has 0 bridgehead atoms. The summed E-state index contributed by atoms with van der Waals surface area (Å²) in [5.74, 6) is -0.0526. The fourth-order valence-electron chi connectivity index (χ4n) is 4.43. The van der Waals surface area contributed by atoms with E-state index < -0.39 is 28.5 Å². The van der Waals surface area contributed by atoms with Gasteiger partial charge in [0, 0.05) is 19.2 Å². The molecule has 0 radical (unpaired) electrons. The van der Waals surface area contributed by atoms with Gasteiger partial charge >= 0.3 is 0 Å². The van der Waals surface area contributed by atoms with Gasteiger partial charge in [-0.2, -0.15) is 0 Å². The molecule has 0 aliphatic rings. The van der Waals surface area contributed by atoms with Gasteiger partial charge < -0.3 is 19.7 Å². The van der Waals surface area contributed by atoms with Gasteiger partial charge in [-0.15, -0.1) is 0 Å². The fourth-order valence-corrected chi connectivity index (χ4v) is 5.86. The van der Waals surface area contributed by atoms with Crippen molar-refractivity contribution < 1.29 is 27.5 Å². The summed E-state index contributed by atoms with van der Waals surface area (Å²) in [6, 6.07) is 21.1. The van der Waals surface area contributed by atoms with Crippen LogP contribution < -0.4 is 19.1 Å². The molecule has 10 heteroatoms. The van der Waals surface area contributed by atoms with Crippen molar-refractivity contribution in [2.24, 2.45) is 0 Å². The van der Waals surface area contributed by atoms with Crippen LogP contribution in [-0.2, 0) is 26.2 Å². The summed E-state index contributed by atoms with van der Waals surface area (Å²) in [5, 5.41) is 2.93. The second-order valence-corrected chi connectivity index (χ2v) is 11.3. The molecule has 3 rings (SSSR count). The van der Waals surface area contributed by atoms with Crippen LogP contribution in [0.4, 0.5) is 5.69 Å². The largest absolute Gasteiger partial charge is 0.493 e. The fraction of sp³-hybridized carbons (Fsp3) is 0.355. The first-order chi connectivity index (χ1) is 19.8. The van der Waals surface area contributed by atoms with Gasteiger partial charge in [0.15, 0.2) is 11.5 Å². The van der Waals surface area contributed by atoms with Gasteiger partial charge in [-0.3, -0.25) is 13.9 Å². The Morgan fingerprint density at radius 2 is 1.51 bits per heavy atom. The molecule has 0 heterocycles. The molecule has 0 unspecified atom stereocenters. The summed E-state index contributed by atoms with van der Waals surface area (Å²) < 4.78 is 39.7. The SMILES string of the molecule is CCCCNC(=O)[C@@H](CC)N(Cc1ccccc1)C(=O)CN(c1ccc(OC)c(OC)c1)S(=O)(=O)c1ccccc1. The van der Waals surface area contributed by atoms with Crippen LogP contribution >= 0.6 is 0 Å². The quantitative estimate of drug-likeness (QED) is 0.263. The zero-order valence-corrected chi connectivity index (χ0v) is 24.9. The summed E-state index contributed by atoms with van der Waals surface area (Å²) in [6.45, 7) is 3.98. The van der Waals surface area contributed by atoms with E-state index in [2.05, 4.69) is 5.32 Å². The molecular weight excluding hydrogens is 542 g/mol. The van der Waals surface area contributed by atoms with Crippen LogP contribution in [0, 0.1) is 0 Å². The number of rotatable bonds is 15. The summed E-state index contributed by atoms with van der Waals surface area (Å²) in [7, 11) is -1.25. The monoisotopic (exact) mass is 581 g/mol. The number of nitrogens with zero attached hydrogens (tertiary/aromatic N) is 2. The molecule has 0 saturated carbocycles. The van der Waals surface area contributed by atoms with Crippen LogP contribution in [0.1, 0.15) is 38.7 Å². The number of hydrogen-bond acceptors (Lipinski definition) is 6. The standard InChI is InChI=1S/C31H39N3O6S/c1-5-7-20-32-31(36)27(6-2)33(22-24-14-10-8-11-15-24)30(35)23-34(41(37,38)26-16-12-9-13-17-26)25-18-19-28(39-3)29(21-25)40-4/h8-19,21,27H,5-7,20,22-23H2,1-4H3,(H,32,36)/t27-/m1/s1. The van der Waals surface area contributed by atoms with Gasteiger partial charge in [-0.25, -0.2) is 8.42 Å². The Hall–Kier alpha value is -4.05. The Kier molecular flexibility index (Phi) is 11.6. The van der Waals surface area contributed by atoms with Crippen molar-refractivity contribution in [1.82, 2.24) is 10.2 Å². The third-order valence-corrected chi connectivity index (χ3v) is 8.46. The van der Waals surface area contributed by atoms with E-state index >= 15 is 0 Å². The minimum atomic E-state index is -4.18. The van der Waals surface area contributed by atoms with Crippen LogP contribution in [0.25, 0.3) is 0 Å². The number of hydrogen-bond donors (Lipinski definition) is 1. The summed E-state index contributed by atoms with van der Waals surface area (Å²) in [4.78, 5) is 28.8. The van der Waals surface area contributed by atoms with Crippen molar-refractivity contribution in [3.8, 4) is 11.5 Å². The number of amides is 2. The van der Waals surface area contributed by atoms with E-state index in [1.807, 2.05) is 44.2 Å². The van der Waals surface area contributed by atoms with Crippen LogP contribution in [0.3, 0.4) is 0 Å². The van der Waals surface area contributed by atoms with Crippen LogP contribution in [0.2, 0.25) is 0 Å². The average molecular weight is 582 g/mol. The van der Waals surface area contributed by atoms with Crippen LogP contribution in [0.5, 0.6) is 11.5 Å². The number of methoxy groups -OCH3 is 2.